The van der Waals surface area contributed by atoms with Crippen molar-refractivity contribution in [2.45, 2.75) is 13.0 Å². The molecule has 0 aromatic carbocycles. The van der Waals surface area contributed by atoms with Crippen molar-refractivity contribution >= 4 is 17.3 Å². The number of nitrogens with zero attached hydrogens (tertiary/aromatic N) is 4. The van der Waals surface area contributed by atoms with E-state index < -0.39 is 5.97 Å². The van der Waals surface area contributed by atoms with Gasteiger partial charge in [-0.15, -0.1) is 16.4 Å². The van der Waals surface area contributed by atoms with Gasteiger partial charge in [0.15, 0.2) is 5.69 Å². The fraction of sp³-hybridized carbons (Fsp3) is 0.455. The van der Waals surface area contributed by atoms with Gasteiger partial charge < -0.3 is 9.47 Å². The molecule has 8 heteroatoms. The van der Waals surface area contributed by atoms with Crippen LogP contribution in [0.1, 0.15) is 21.9 Å². The Labute approximate surface area is 114 Å². The Morgan fingerprint density at radius 3 is 2.95 bits per heavy atom. The van der Waals surface area contributed by atoms with Crippen LogP contribution in [-0.4, -0.2) is 46.8 Å². The zero-order valence-electron chi connectivity index (χ0n) is 10.7. The average Bonchev–Trinajstić information content (AvgIpc) is 3.06. The highest BCUT2D eigenvalue weighted by Crippen LogP contribution is 2.11. The third kappa shape index (κ3) is 3.15. The predicted octanol–water partition coefficient (Wildman–Crippen LogP) is 0.758. The van der Waals surface area contributed by atoms with Gasteiger partial charge in [0.05, 0.1) is 37.2 Å². The molecule has 0 unspecified atom stereocenters. The molecule has 2 aromatic heterocycles. The van der Waals surface area contributed by atoms with Gasteiger partial charge in [-0.2, -0.15) is 0 Å². The summed E-state index contributed by atoms with van der Waals surface area (Å²) in [7, 11) is 2.92. The lowest BCUT2D eigenvalue weighted by Gasteiger charge is -2.05. The highest BCUT2D eigenvalue weighted by Gasteiger charge is 2.20. The van der Waals surface area contributed by atoms with Crippen molar-refractivity contribution in [3.05, 3.63) is 28.0 Å². The maximum Gasteiger partial charge on any atom is 0.360 e. The highest BCUT2D eigenvalue weighted by atomic mass is 32.1. The van der Waals surface area contributed by atoms with Crippen molar-refractivity contribution in [1.29, 1.82) is 0 Å². The van der Waals surface area contributed by atoms with Crippen LogP contribution in [-0.2, 0) is 22.4 Å². The van der Waals surface area contributed by atoms with Crippen molar-refractivity contribution in [3.63, 3.8) is 0 Å². The normalized spacial score (nSPS) is 10.6. The molecule has 0 saturated carbocycles. The quantitative estimate of drug-likeness (QED) is 0.728. The molecule has 0 bridgehead atoms. The molecule has 0 atom stereocenters. The number of carbonyl (C=O) groups excluding carboxylic acids is 1. The predicted molar refractivity (Wildman–Crippen MR) is 68.2 cm³/mol. The Hall–Kier alpha value is -1.80. The zero-order valence-corrected chi connectivity index (χ0v) is 11.5. The largest absolute Gasteiger partial charge is 0.464 e. The number of rotatable bonds is 6. The zero-order chi connectivity index (χ0) is 13.7. The summed E-state index contributed by atoms with van der Waals surface area (Å²) in [6, 6.07) is 0. The van der Waals surface area contributed by atoms with Crippen molar-refractivity contribution in [2.75, 3.05) is 20.8 Å². The molecule has 0 N–H and O–H groups in total. The molecule has 0 aliphatic rings. The number of hydrogen-bond donors (Lipinski definition) is 0. The van der Waals surface area contributed by atoms with Crippen molar-refractivity contribution in [2.24, 2.45) is 0 Å². The monoisotopic (exact) mass is 282 g/mol. The average molecular weight is 282 g/mol. The van der Waals surface area contributed by atoms with Crippen LogP contribution in [0.25, 0.3) is 0 Å². The Morgan fingerprint density at radius 1 is 1.47 bits per heavy atom. The van der Waals surface area contributed by atoms with Crippen molar-refractivity contribution in [3.8, 4) is 0 Å². The summed E-state index contributed by atoms with van der Waals surface area (Å²) in [4.78, 5) is 15.8. The first-order chi connectivity index (χ1) is 9.26. The van der Waals surface area contributed by atoms with E-state index in [2.05, 4.69) is 15.3 Å². The fourth-order valence-corrected chi connectivity index (χ4v) is 2.18. The molecule has 0 amide bonds. The summed E-state index contributed by atoms with van der Waals surface area (Å²) in [5.74, 6) is -0.490. The second-order valence-corrected chi connectivity index (χ2v) is 4.48. The second kappa shape index (κ2) is 6.39. The second-order valence-electron chi connectivity index (χ2n) is 3.76. The molecule has 7 nitrogen and oxygen atoms in total. The number of methoxy groups -OCH3 is 2. The minimum atomic E-state index is -0.490. The molecule has 2 heterocycles. The number of thiazole rings is 1. The van der Waals surface area contributed by atoms with Gasteiger partial charge in [0.2, 0.25) is 0 Å². The third-order valence-electron chi connectivity index (χ3n) is 2.55. The molecule has 0 spiro atoms. The molecule has 0 aliphatic heterocycles. The number of esters is 1. The lowest BCUT2D eigenvalue weighted by molar-refractivity contribution is 0.0592. The van der Waals surface area contributed by atoms with Gasteiger partial charge in [-0.3, -0.25) is 0 Å². The molecular formula is C11H14N4O3S. The molecule has 2 rings (SSSR count). The first-order valence-corrected chi connectivity index (χ1v) is 6.57. The van der Waals surface area contributed by atoms with E-state index in [-0.39, 0.29) is 5.69 Å². The van der Waals surface area contributed by atoms with Crippen LogP contribution < -0.4 is 0 Å². The first-order valence-electron chi connectivity index (χ1n) is 5.63. The molecule has 102 valence electrons. The summed E-state index contributed by atoms with van der Waals surface area (Å²) >= 11 is 1.51. The molecule has 0 radical (unpaired) electrons. The van der Waals surface area contributed by atoms with Crippen molar-refractivity contribution < 1.29 is 14.3 Å². The van der Waals surface area contributed by atoms with Gasteiger partial charge in [-0.05, 0) is 0 Å². The number of ether oxygens (including phenoxy) is 2. The molecule has 19 heavy (non-hydrogen) atoms. The maximum atomic E-state index is 11.6. The molecule has 0 aliphatic carbocycles. The number of aromatic nitrogens is 4. The lowest BCUT2D eigenvalue weighted by atomic mass is 10.2. The van der Waals surface area contributed by atoms with E-state index in [0.717, 1.165) is 5.69 Å². The van der Waals surface area contributed by atoms with Crippen LogP contribution in [0.4, 0.5) is 0 Å². The smallest absolute Gasteiger partial charge is 0.360 e. The fourth-order valence-electron chi connectivity index (χ4n) is 1.63. The minimum Gasteiger partial charge on any atom is -0.464 e. The lowest BCUT2D eigenvalue weighted by Crippen LogP contribution is -2.12. The van der Waals surface area contributed by atoms with Crippen LogP contribution in [0.3, 0.4) is 0 Å². The van der Waals surface area contributed by atoms with Crippen LogP contribution in [0.5, 0.6) is 0 Å². The van der Waals surface area contributed by atoms with Crippen molar-refractivity contribution in [1.82, 2.24) is 20.0 Å². The van der Waals surface area contributed by atoms with Gasteiger partial charge in [-0.1, -0.05) is 5.21 Å². The maximum absolute atomic E-state index is 11.6. The molecule has 2 aromatic rings. The molecule has 0 saturated heterocycles. The third-order valence-corrected chi connectivity index (χ3v) is 3.19. The van der Waals surface area contributed by atoms with Crippen LogP contribution in [0, 0.1) is 0 Å². The molecule has 0 fully saturated rings. The van der Waals surface area contributed by atoms with Gasteiger partial charge in [0.25, 0.3) is 0 Å². The summed E-state index contributed by atoms with van der Waals surface area (Å²) in [6.45, 7) is 0.959. The Bertz CT molecular complexity index is 538. The summed E-state index contributed by atoms with van der Waals surface area (Å²) < 4.78 is 11.4. The van der Waals surface area contributed by atoms with E-state index in [0.29, 0.717) is 25.3 Å². The van der Waals surface area contributed by atoms with E-state index in [1.54, 1.807) is 17.3 Å². The van der Waals surface area contributed by atoms with Gasteiger partial charge in [0, 0.05) is 18.9 Å². The summed E-state index contributed by atoms with van der Waals surface area (Å²) in [5.41, 5.74) is 3.56. The topological polar surface area (TPSA) is 79.1 Å². The Kier molecular flexibility index (Phi) is 4.58. The highest BCUT2D eigenvalue weighted by molar-refractivity contribution is 7.07. The summed E-state index contributed by atoms with van der Waals surface area (Å²) in [6.07, 6.45) is 0.540. The number of carbonyl (C=O) groups is 1. The SMILES string of the molecule is COCCc1c(C(=O)OC)nnn1Cc1cscn1. The number of hydrogen-bond acceptors (Lipinski definition) is 7. The Balaban J connectivity index is 2.26. The van der Waals surface area contributed by atoms with E-state index in [1.807, 2.05) is 5.38 Å². The van der Waals surface area contributed by atoms with Crippen LogP contribution >= 0.6 is 11.3 Å². The molecular weight excluding hydrogens is 268 g/mol. The van der Waals surface area contributed by atoms with E-state index in [1.165, 1.54) is 18.4 Å². The first kappa shape index (κ1) is 13.6. The summed E-state index contributed by atoms with van der Waals surface area (Å²) in [5, 5.41) is 9.80. The standard InChI is InChI=1S/C11H14N4O3S/c1-17-4-3-9-10(11(16)18-2)13-14-15(9)5-8-6-19-7-12-8/h6-7H,3-5H2,1-2H3. The van der Waals surface area contributed by atoms with Crippen LogP contribution in [0.2, 0.25) is 0 Å². The van der Waals surface area contributed by atoms with Gasteiger partial charge >= 0.3 is 5.97 Å². The van der Waals surface area contributed by atoms with Gasteiger partial charge in [0.1, 0.15) is 0 Å². The Morgan fingerprint density at radius 2 is 2.32 bits per heavy atom. The minimum absolute atomic E-state index is 0.231. The van der Waals surface area contributed by atoms with E-state index in [4.69, 9.17) is 9.47 Å². The van der Waals surface area contributed by atoms with Crippen LogP contribution in [0.15, 0.2) is 10.9 Å². The van der Waals surface area contributed by atoms with E-state index >= 15 is 0 Å². The van der Waals surface area contributed by atoms with Gasteiger partial charge in [-0.25, -0.2) is 14.5 Å². The van der Waals surface area contributed by atoms with E-state index in [9.17, 15) is 4.79 Å².